The van der Waals surface area contributed by atoms with E-state index in [1.54, 1.807) is 7.11 Å². The van der Waals surface area contributed by atoms with E-state index in [2.05, 4.69) is 47.1 Å². The van der Waals surface area contributed by atoms with Gasteiger partial charge >= 0.3 is 0 Å². The van der Waals surface area contributed by atoms with Crippen LogP contribution < -0.4 is 10.1 Å². The molecule has 0 saturated heterocycles. The summed E-state index contributed by atoms with van der Waals surface area (Å²) in [6.45, 7) is 3.95. The zero-order valence-corrected chi connectivity index (χ0v) is 13.7. The van der Waals surface area contributed by atoms with E-state index in [0.29, 0.717) is 0 Å². The molecular formula is C19H23N3O. The lowest BCUT2D eigenvalue weighted by molar-refractivity contribution is 0.414. The molecular weight excluding hydrogens is 286 g/mol. The number of benzene rings is 2. The van der Waals surface area contributed by atoms with E-state index in [1.165, 1.54) is 17.5 Å². The van der Waals surface area contributed by atoms with E-state index in [-0.39, 0.29) is 0 Å². The normalized spacial score (nSPS) is 10.9. The molecule has 3 rings (SSSR count). The molecule has 120 valence electrons. The molecule has 1 N–H and O–H groups in total. The summed E-state index contributed by atoms with van der Waals surface area (Å²) in [5.41, 5.74) is 3.44. The van der Waals surface area contributed by atoms with Gasteiger partial charge in [0.05, 0.1) is 18.1 Å². The van der Waals surface area contributed by atoms with Gasteiger partial charge in [-0.3, -0.25) is 0 Å². The number of hydrogen-bond donors (Lipinski definition) is 1. The van der Waals surface area contributed by atoms with Crippen LogP contribution in [0.4, 0.5) is 5.95 Å². The summed E-state index contributed by atoms with van der Waals surface area (Å²) < 4.78 is 7.48. The van der Waals surface area contributed by atoms with E-state index in [1.807, 2.05) is 18.2 Å². The summed E-state index contributed by atoms with van der Waals surface area (Å²) in [5, 5.41) is 3.48. The van der Waals surface area contributed by atoms with E-state index < -0.39 is 0 Å². The molecule has 0 saturated carbocycles. The minimum absolute atomic E-state index is 0.749. The molecule has 0 radical (unpaired) electrons. The molecule has 0 fully saturated rings. The first-order valence-corrected chi connectivity index (χ1v) is 8.14. The Kier molecular flexibility index (Phi) is 4.81. The molecule has 0 aliphatic rings. The Balaban J connectivity index is 1.80. The Morgan fingerprint density at radius 1 is 1.09 bits per heavy atom. The van der Waals surface area contributed by atoms with Gasteiger partial charge in [-0.2, -0.15) is 0 Å². The second-order valence-corrected chi connectivity index (χ2v) is 5.63. The second kappa shape index (κ2) is 7.18. The van der Waals surface area contributed by atoms with Gasteiger partial charge in [-0.1, -0.05) is 37.6 Å². The molecule has 4 nitrogen and oxygen atoms in total. The van der Waals surface area contributed by atoms with E-state index in [0.717, 1.165) is 36.7 Å². The SMILES string of the molecule is CCCCn1c(NCc2ccc(OC)cc2)nc2ccccc21. The van der Waals surface area contributed by atoms with Gasteiger partial charge in [-0.25, -0.2) is 4.98 Å². The van der Waals surface area contributed by atoms with Gasteiger partial charge in [-0.15, -0.1) is 0 Å². The largest absolute Gasteiger partial charge is 0.497 e. The number of aromatic nitrogens is 2. The Hall–Kier alpha value is -2.49. The van der Waals surface area contributed by atoms with Crippen LogP contribution in [-0.4, -0.2) is 16.7 Å². The summed E-state index contributed by atoms with van der Waals surface area (Å²) in [7, 11) is 1.68. The van der Waals surface area contributed by atoms with Crippen LogP contribution in [0.15, 0.2) is 48.5 Å². The Morgan fingerprint density at radius 2 is 1.87 bits per heavy atom. The lowest BCUT2D eigenvalue weighted by Crippen LogP contribution is -2.08. The van der Waals surface area contributed by atoms with Crippen LogP contribution >= 0.6 is 0 Å². The fraction of sp³-hybridized carbons (Fsp3) is 0.316. The maximum Gasteiger partial charge on any atom is 0.204 e. The van der Waals surface area contributed by atoms with Crippen molar-refractivity contribution < 1.29 is 4.74 Å². The van der Waals surface area contributed by atoms with Crippen molar-refractivity contribution in [2.75, 3.05) is 12.4 Å². The third-order valence-corrected chi connectivity index (χ3v) is 4.00. The fourth-order valence-corrected chi connectivity index (χ4v) is 2.68. The van der Waals surface area contributed by atoms with Gasteiger partial charge in [-0.05, 0) is 36.2 Å². The molecule has 1 heterocycles. The van der Waals surface area contributed by atoms with Gasteiger partial charge in [0.2, 0.25) is 5.95 Å². The lowest BCUT2D eigenvalue weighted by Gasteiger charge is -2.10. The average Bonchev–Trinajstić information content (AvgIpc) is 2.96. The number of nitrogens with one attached hydrogen (secondary N) is 1. The summed E-state index contributed by atoms with van der Waals surface area (Å²) in [5.74, 6) is 1.82. The third kappa shape index (κ3) is 3.47. The summed E-state index contributed by atoms with van der Waals surface area (Å²) in [6.07, 6.45) is 2.32. The monoisotopic (exact) mass is 309 g/mol. The van der Waals surface area contributed by atoms with Crippen LogP contribution in [0.5, 0.6) is 5.75 Å². The summed E-state index contributed by atoms with van der Waals surface area (Å²) >= 11 is 0. The number of methoxy groups -OCH3 is 1. The molecule has 1 aromatic heterocycles. The molecule has 0 aliphatic carbocycles. The Morgan fingerprint density at radius 3 is 2.61 bits per heavy atom. The zero-order chi connectivity index (χ0) is 16.1. The number of rotatable bonds is 7. The molecule has 0 bridgehead atoms. The quantitative estimate of drug-likeness (QED) is 0.700. The van der Waals surface area contributed by atoms with Crippen molar-refractivity contribution in [1.82, 2.24) is 9.55 Å². The van der Waals surface area contributed by atoms with Crippen LogP contribution in [0.3, 0.4) is 0 Å². The second-order valence-electron chi connectivity index (χ2n) is 5.63. The summed E-state index contributed by atoms with van der Waals surface area (Å²) in [6, 6.07) is 16.4. The Bertz CT molecular complexity index is 762. The van der Waals surface area contributed by atoms with Gasteiger partial charge in [0.1, 0.15) is 5.75 Å². The predicted molar refractivity (Wildman–Crippen MR) is 95.0 cm³/mol. The lowest BCUT2D eigenvalue weighted by atomic mass is 10.2. The van der Waals surface area contributed by atoms with E-state index in [4.69, 9.17) is 9.72 Å². The Labute approximate surface area is 137 Å². The van der Waals surface area contributed by atoms with Gasteiger partial charge in [0.15, 0.2) is 0 Å². The summed E-state index contributed by atoms with van der Waals surface area (Å²) in [4.78, 5) is 4.74. The number of unbranched alkanes of at least 4 members (excludes halogenated alkanes) is 1. The number of fused-ring (bicyclic) bond motifs is 1. The number of ether oxygens (including phenoxy) is 1. The molecule has 0 aliphatic heterocycles. The molecule has 23 heavy (non-hydrogen) atoms. The van der Waals surface area contributed by atoms with Crippen molar-refractivity contribution in [2.24, 2.45) is 0 Å². The molecule has 0 atom stereocenters. The molecule has 3 aromatic rings. The number of para-hydroxylation sites is 2. The number of nitrogens with zero attached hydrogens (tertiary/aromatic N) is 2. The smallest absolute Gasteiger partial charge is 0.204 e. The minimum atomic E-state index is 0.749. The number of aryl methyl sites for hydroxylation is 1. The first kappa shape index (κ1) is 15.4. The highest BCUT2D eigenvalue weighted by Crippen LogP contribution is 2.21. The van der Waals surface area contributed by atoms with Crippen molar-refractivity contribution in [3.05, 3.63) is 54.1 Å². The highest BCUT2D eigenvalue weighted by Gasteiger charge is 2.09. The molecule has 4 heteroatoms. The van der Waals surface area contributed by atoms with Crippen molar-refractivity contribution in [3.63, 3.8) is 0 Å². The average molecular weight is 309 g/mol. The van der Waals surface area contributed by atoms with E-state index in [9.17, 15) is 0 Å². The number of imidazole rings is 1. The van der Waals surface area contributed by atoms with Crippen LogP contribution in [0.1, 0.15) is 25.3 Å². The van der Waals surface area contributed by atoms with E-state index >= 15 is 0 Å². The van der Waals surface area contributed by atoms with Crippen molar-refractivity contribution in [1.29, 1.82) is 0 Å². The van der Waals surface area contributed by atoms with Crippen LogP contribution in [0, 0.1) is 0 Å². The van der Waals surface area contributed by atoms with Gasteiger partial charge < -0.3 is 14.6 Å². The van der Waals surface area contributed by atoms with Gasteiger partial charge in [0, 0.05) is 13.1 Å². The fourth-order valence-electron chi connectivity index (χ4n) is 2.68. The topological polar surface area (TPSA) is 39.1 Å². The van der Waals surface area contributed by atoms with Crippen LogP contribution in [0.25, 0.3) is 11.0 Å². The molecule has 0 spiro atoms. The molecule has 0 amide bonds. The van der Waals surface area contributed by atoms with Crippen molar-refractivity contribution in [3.8, 4) is 5.75 Å². The van der Waals surface area contributed by atoms with Crippen LogP contribution in [0.2, 0.25) is 0 Å². The number of anilines is 1. The van der Waals surface area contributed by atoms with Crippen molar-refractivity contribution >= 4 is 17.0 Å². The number of hydrogen-bond acceptors (Lipinski definition) is 3. The maximum absolute atomic E-state index is 5.20. The van der Waals surface area contributed by atoms with Gasteiger partial charge in [0.25, 0.3) is 0 Å². The predicted octanol–water partition coefficient (Wildman–Crippen LogP) is 4.46. The molecule has 2 aromatic carbocycles. The van der Waals surface area contributed by atoms with Crippen LogP contribution in [-0.2, 0) is 13.1 Å². The molecule has 0 unspecified atom stereocenters. The standard InChI is InChI=1S/C19H23N3O/c1-3-4-13-22-18-8-6-5-7-17(18)21-19(22)20-14-15-9-11-16(23-2)12-10-15/h5-12H,3-4,13-14H2,1-2H3,(H,20,21). The van der Waals surface area contributed by atoms with Crippen molar-refractivity contribution in [2.45, 2.75) is 32.9 Å². The zero-order valence-electron chi connectivity index (χ0n) is 13.7. The minimum Gasteiger partial charge on any atom is -0.497 e. The highest BCUT2D eigenvalue weighted by molar-refractivity contribution is 5.78. The first-order valence-electron chi connectivity index (χ1n) is 8.14. The first-order chi connectivity index (χ1) is 11.3. The highest BCUT2D eigenvalue weighted by atomic mass is 16.5. The third-order valence-electron chi connectivity index (χ3n) is 4.00. The maximum atomic E-state index is 5.20.